The summed E-state index contributed by atoms with van der Waals surface area (Å²) in [5, 5.41) is 14.7. The van der Waals surface area contributed by atoms with Gasteiger partial charge in [-0.2, -0.15) is 0 Å². The number of ether oxygens (including phenoxy) is 1. The fourth-order valence-electron chi connectivity index (χ4n) is 3.20. The van der Waals surface area contributed by atoms with Gasteiger partial charge in [0, 0.05) is 27.4 Å². The molecule has 31 heavy (non-hydrogen) atoms. The molecular weight excluding hydrogens is 458 g/mol. The molecular formula is C21H18ClN3O4S2. The lowest BCUT2D eigenvalue weighted by Gasteiger charge is -2.11. The van der Waals surface area contributed by atoms with Crippen molar-refractivity contribution in [2.45, 2.75) is 12.3 Å². The van der Waals surface area contributed by atoms with Crippen molar-refractivity contribution in [2.75, 3.05) is 18.2 Å². The van der Waals surface area contributed by atoms with Crippen molar-refractivity contribution in [3.63, 3.8) is 0 Å². The van der Waals surface area contributed by atoms with E-state index < -0.39 is 22.5 Å². The molecule has 2 N–H and O–H groups in total. The predicted molar refractivity (Wildman–Crippen MR) is 125 cm³/mol. The van der Waals surface area contributed by atoms with Crippen LogP contribution >= 0.6 is 22.9 Å². The van der Waals surface area contributed by atoms with E-state index in [9.17, 15) is 9.00 Å². The maximum atomic E-state index is 12.1. The predicted octanol–water partition coefficient (Wildman–Crippen LogP) is 4.45. The molecule has 10 heteroatoms. The van der Waals surface area contributed by atoms with Crippen LogP contribution in [-0.2, 0) is 27.9 Å². The maximum absolute atomic E-state index is 12.1. The average Bonchev–Trinajstić information content (AvgIpc) is 3.10. The van der Waals surface area contributed by atoms with Crippen LogP contribution in [0.4, 0.5) is 5.82 Å². The molecule has 0 aliphatic heterocycles. The van der Waals surface area contributed by atoms with Crippen molar-refractivity contribution < 1.29 is 18.8 Å². The highest BCUT2D eigenvalue weighted by Gasteiger charge is 2.16. The molecule has 1 atom stereocenters. The Morgan fingerprint density at radius 2 is 2.06 bits per heavy atom. The standard InChI is InChI=1S/C21H18ClN3O4S2/c1-29-15-7-6-12(8-14(15)22)9-23-20-19-13-4-2-3-5-16(13)30-21(19)25-17(24-20)10-31(28)11-18(26)27/h2-8H,9-11H2,1H3,(H,26,27)(H,23,24,25). The molecule has 7 nitrogen and oxygen atoms in total. The number of aromatic nitrogens is 2. The summed E-state index contributed by atoms with van der Waals surface area (Å²) in [6.07, 6.45) is 0. The highest BCUT2D eigenvalue weighted by Crippen LogP contribution is 2.36. The molecule has 0 saturated carbocycles. The molecule has 0 saturated heterocycles. The van der Waals surface area contributed by atoms with E-state index in [0.717, 1.165) is 25.9 Å². The van der Waals surface area contributed by atoms with E-state index in [1.165, 1.54) is 11.3 Å². The van der Waals surface area contributed by atoms with Gasteiger partial charge < -0.3 is 15.2 Å². The number of thiophene rings is 1. The fraction of sp³-hybridized carbons (Fsp3) is 0.190. The number of fused-ring (bicyclic) bond motifs is 3. The van der Waals surface area contributed by atoms with Gasteiger partial charge in [0.05, 0.1) is 23.3 Å². The van der Waals surface area contributed by atoms with Crippen molar-refractivity contribution >= 4 is 65.8 Å². The smallest absolute Gasteiger partial charge is 0.316 e. The van der Waals surface area contributed by atoms with Gasteiger partial charge in [-0.05, 0) is 23.8 Å². The number of aliphatic carboxylic acids is 1. The Kier molecular flexibility index (Phi) is 6.35. The number of nitrogens with one attached hydrogen (secondary N) is 1. The second kappa shape index (κ2) is 9.17. The van der Waals surface area contributed by atoms with Gasteiger partial charge in [-0.25, -0.2) is 9.97 Å². The van der Waals surface area contributed by atoms with Crippen LogP contribution in [-0.4, -0.2) is 38.1 Å². The summed E-state index contributed by atoms with van der Waals surface area (Å²) in [6, 6.07) is 13.5. The molecule has 4 rings (SSSR count). The summed E-state index contributed by atoms with van der Waals surface area (Å²) >= 11 is 7.75. The Morgan fingerprint density at radius 1 is 1.26 bits per heavy atom. The number of carbonyl (C=O) groups is 1. The van der Waals surface area contributed by atoms with Crippen LogP contribution in [0.3, 0.4) is 0 Å². The molecule has 160 valence electrons. The summed E-state index contributed by atoms with van der Waals surface area (Å²) < 4.78 is 18.4. The normalized spacial score (nSPS) is 12.2. The average molecular weight is 476 g/mol. The van der Waals surface area contributed by atoms with Crippen molar-refractivity contribution in [1.82, 2.24) is 9.97 Å². The van der Waals surface area contributed by atoms with Crippen molar-refractivity contribution in [1.29, 1.82) is 0 Å². The third-order valence-electron chi connectivity index (χ3n) is 4.54. The Hall–Kier alpha value is -2.75. The number of anilines is 1. The zero-order valence-corrected chi connectivity index (χ0v) is 18.8. The molecule has 2 aromatic heterocycles. The lowest BCUT2D eigenvalue weighted by Crippen LogP contribution is -2.13. The molecule has 2 aromatic carbocycles. The molecule has 0 aliphatic rings. The molecule has 0 amide bonds. The topological polar surface area (TPSA) is 101 Å². The van der Waals surface area contributed by atoms with Crippen LogP contribution in [0.15, 0.2) is 42.5 Å². The van der Waals surface area contributed by atoms with Crippen LogP contribution in [0.2, 0.25) is 5.02 Å². The lowest BCUT2D eigenvalue weighted by atomic mass is 10.2. The van der Waals surface area contributed by atoms with Gasteiger partial charge in [0.25, 0.3) is 0 Å². The van der Waals surface area contributed by atoms with Crippen molar-refractivity contribution in [3.8, 4) is 5.75 Å². The number of hydrogen-bond donors (Lipinski definition) is 2. The van der Waals surface area contributed by atoms with Crippen LogP contribution in [0, 0.1) is 0 Å². The third-order valence-corrected chi connectivity index (χ3v) is 7.05. The molecule has 0 aliphatic carbocycles. The fourth-order valence-corrected chi connectivity index (χ4v) is 5.37. The molecule has 0 radical (unpaired) electrons. The maximum Gasteiger partial charge on any atom is 0.316 e. The molecule has 4 aromatic rings. The summed E-state index contributed by atoms with van der Waals surface area (Å²) in [7, 11) is -0.0321. The molecule has 0 bridgehead atoms. The highest BCUT2D eigenvalue weighted by molar-refractivity contribution is 7.84. The minimum absolute atomic E-state index is 0.0282. The van der Waals surface area contributed by atoms with Crippen LogP contribution in [0.1, 0.15) is 11.4 Å². The van der Waals surface area contributed by atoms with Gasteiger partial charge >= 0.3 is 5.97 Å². The van der Waals surface area contributed by atoms with Crippen molar-refractivity contribution in [3.05, 3.63) is 58.9 Å². The number of carboxylic acids is 1. The summed E-state index contributed by atoms with van der Waals surface area (Å²) in [5.41, 5.74) is 0.938. The highest BCUT2D eigenvalue weighted by atomic mass is 35.5. The molecule has 2 heterocycles. The number of nitrogens with zero attached hydrogens (tertiary/aromatic N) is 2. The van der Waals surface area contributed by atoms with Crippen LogP contribution in [0.25, 0.3) is 20.3 Å². The SMILES string of the molecule is COc1ccc(CNc2nc(CS(=O)CC(=O)O)nc3sc4ccccc4c23)cc1Cl. The first-order valence-corrected chi connectivity index (χ1v) is 11.9. The number of methoxy groups -OCH3 is 1. The van der Waals surface area contributed by atoms with E-state index in [1.807, 2.05) is 36.4 Å². The largest absolute Gasteiger partial charge is 0.495 e. The summed E-state index contributed by atoms with van der Waals surface area (Å²) in [4.78, 5) is 20.8. The Balaban J connectivity index is 1.71. The van der Waals surface area contributed by atoms with Crippen molar-refractivity contribution in [2.24, 2.45) is 0 Å². The van der Waals surface area contributed by atoms with Gasteiger partial charge in [-0.15, -0.1) is 11.3 Å². The molecule has 1 unspecified atom stereocenters. The van der Waals surface area contributed by atoms with Crippen LogP contribution in [0.5, 0.6) is 5.75 Å². The second-order valence-corrected chi connectivity index (χ2v) is 9.61. The number of halogens is 1. The molecule has 0 spiro atoms. The lowest BCUT2D eigenvalue weighted by molar-refractivity contribution is -0.133. The number of benzene rings is 2. The van der Waals surface area contributed by atoms with E-state index >= 15 is 0 Å². The third kappa shape index (κ3) is 4.79. The summed E-state index contributed by atoms with van der Waals surface area (Å²) in [6.45, 7) is 0.456. The van der Waals surface area contributed by atoms with E-state index in [4.69, 9.17) is 21.4 Å². The molecule has 0 fully saturated rings. The van der Waals surface area contributed by atoms with Gasteiger partial charge in [0.15, 0.2) is 0 Å². The minimum Gasteiger partial charge on any atom is -0.495 e. The first-order chi connectivity index (χ1) is 14.9. The summed E-state index contributed by atoms with van der Waals surface area (Å²) in [5.74, 6) is -0.0380. The monoisotopic (exact) mass is 475 g/mol. The quantitative estimate of drug-likeness (QED) is 0.388. The Labute approximate surface area is 189 Å². The second-order valence-electron chi connectivity index (χ2n) is 6.71. The number of carboxylic acid groups (broad SMARTS) is 1. The van der Waals surface area contributed by atoms with Gasteiger partial charge in [-0.1, -0.05) is 35.9 Å². The first kappa shape index (κ1) is 21.5. The minimum atomic E-state index is -1.60. The number of rotatable bonds is 8. The van der Waals surface area contributed by atoms with E-state index in [0.29, 0.717) is 29.0 Å². The van der Waals surface area contributed by atoms with E-state index in [-0.39, 0.29) is 5.75 Å². The Bertz CT molecular complexity index is 1310. The first-order valence-electron chi connectivity index (χ1n) is 9.26. The van der Waals surface area contributed by atoms with E-state index in [2.05, 4.69) is 15.3 Å². The van der Waals surface area contributed by atoms with Gasteiger partial charge in [0.2, 0.25) is 0 Å². The van der Waals surface area contributed by atoms with Crippen LogP contribution < -0.4 is 10.1 Å². The zero-order valence-electron chi connectivity index (χ0n) is 16.4. The Morgan fingerprint density at radius 3 is 2.81 bits per heavy atom. The zero-order chi connectivity index (χ0) is 22.0. The van der Waals surface area contributed by atoms with E-state index in [1.54, 1.807) is 13.2 Å². The van der Waals surface area contributed by atoms with Gasteiger partial charge in [-0.3, -0.25) is 9.00 Å². The number of hydrogen-bond acceptors (Lipinski definition) is 7. The van der Waals surface area contributed by atoms with Gasteiger partial charge in [0.1, 0.15) is 28.0 Å².